The molecule has 0 unspecified atom stereocenters. The van der Waals surface area contributed by atoms with Crippen LogP contribution in [0.3, 0.4) is 0 Å². The summed E-state index contributed by atoms with van der Waals surface area (Å²) < 4.78 is 0. The average molecular weight is 271 g/mol. The second-order valence-corrected chi connectivity index (χ2v) is 4.76. The molecule has 1 amide bonds. The van der Waals surface area contributed by atoms with Crippen molar-refractivity contribution in [1.29, 1.82) is 0 Å². The number of aryl methyl sites for hydroxylation is 1. The summed E-state index contributed by atoms with van der Waals surface area (Å²) >= 11 is 0. The number of nitrogens with zero attached hydrogens (tertiary/aromatic N) is 1. The number of carbonyl (C=O) groups is 1. The van der Waals surface area contributed by atoms with Crippen LogP contribution in [0.15, 0.2) is 41.3 Å². The Bertz CT molecular complexity index is 690. The first-order chi connectivity index (χ1) is 9.49. The average Bonchev–Trinajstić information content (AvgIpc) is 2.38. The number of para-hydroxylation sites is 2. The molecule has 0 bridgehead atoms. The van der Waals surface area contributed by atoms with Crippen molar-refractivity contribution in [2.75, 3.05) is 24.3 Å². The highest BCUT2D eigenvalue weighted by Crippen LogP contribution is 2.23. The lowest BCUT2D eigenvalue weighted by atomic mass is 10.2. The fourth-order valence-corrected chi connectivity index (χ4v) is 1.91. The molecule has 104 valence electrons. The van der Waals surface area contributed by atoms with Gasteiger partial charge in [-0.25, -0.2) is 0 Å². The minimum absolute atomic E-state index is 0.101. The Kier molecular flexibility index (Phi) is 3.89. The number of amides is 1. The van der Waals surface area contributed by atoms with E-state index in [-0.39, 0.29) is 11.0 Å². The van der Waals surface area contributed by atoms with Crippen LogP contribution in [0.2, 0.25) is 0 Å². The highest BCUT2D eigenvalue weighted by Gasteiger charge is 2.12. The molecule has 5 nitrogen and oxygen atoms in total. The van der Waals surface area contributed by atoms with Gasteiger partial charge in [-0.3, -0.25) is 9.59 Å². The van der Waals surface area contributed by atoms with Gasteiger partial charge in [0.15, 0.2) is 5.43 Å². The number of rotatable bonds is 3. The van der Waals surface area contributed by atoms with E-state index < -0.39 is 5.91 Å². The van der Waals surface area contributed by atoms with Crippen LogP contribution in [0.1, 0.15) is 16.1 Å². The molecule has 1 aromatic carbocycles. The van der Waals surface area contributed by atoms with Gasteiger partial charge in [0.05, 0.1) is 11.4 Å². The molecule has 0 saturated carbocycles. The highest BCUT2D eigenvalue weighted by molar-refractivity contribution is 6.05. The van der Waals surface area contributed by atoms with Crippen molar-refractivity contribution in [1.82, 2.24) is 4.98 Å². The lowest BCUT2D eigenvalue weighted by molar-refractivity contribution is 0.102. The lowest BCUT2D eigenvalue weighted by Gasteiger charge is -2.17. The zero-order valence-electron chi connectivity index (χ0n) is 11.7. The summed E-state index contributed by atoms with van der Waals surface area (Å²) in [5.41, 5.74) is 2.08. The van der Waals surface area contributed by atoms with Gasteiger partial charge in [-0.15, -0.1) is 0 Å². The number of aromatic nitrogens is 1. The Morgan fingerprint density at radius 3 is 2.60 bits per heavy atom. The van der Waals surface area contributed by atoms with Gasteiger partial charge in [0.1, 0.15) is 5.56 Å². The SMILES string of the molecule is Cc1cc(=O)c(C(=O)Nc2ccccc2N(C)C)c[nH]1. The molecule has 0 aliphatic rings. The quantitative estimate of drug-likeness (QED) is 0.897. The molecular formula is C15H17N3O2. The van der Waals surface area contributed by atoms with Crippen LogP contribution >= 0.6 is 0 Å². The zero-order chi connectivity index (χ0) is 14.7. The van der Waals surface area contributed by atoms with Crippen molar-refractivity contribution >= 4 is 17.3 Å². The van der Waals surface area contributed by atoms with Gasteiger partial charge >= 0.3 is 0 Å². The van der Waals surface area contributed by atoms with Gasteiger partial charge in [0.25, 0.3) is 5.91 Å². The molecule has 1 aromatic heterocycles. The van der Waals surface area contributed by atoms with Gasteiger partial charge in [0, 0.05) is 32.1 Å². The largest absolute Gasteiger partial charge is 0.376 e. The molecule has 1 heterocycles. The van der Waals surface area contributed by atoms with Crippen LogP contribution in [0, 0.1) is 6.92 Å². The predicted molar refractivity (Wildman–Crippen MR) is 80.5 cm³/mol. The third-order valence-electron chi connectivity index (χ3n) is 2.94. The molecule has 0 aliphatic carbocycles. The van der Waals surface area contributed by atoms with E-state index >= 15 is 0 Å². The Labute approximate surface area is 117 Å². The molecule has 0 saturated heterocycles. The molecule has 0 spiro atoms. The molecular weight excluding hydrogens is 254 g/mol. The third kappa shape index (κ3) is 2.88. The fraction of sp³-hybridized carbons (Fsp3) is 0.200. The maximum atomic E-state index is 12.2. The molecule has 2 aromatic rings. The van der Waals surface area contributed by atoms with Gasteiger partial charge in [-0.05, 0) is 19.1 Å². The summed E-state index contributed by atoms with van der Waals surface area (Å²) in [6, 6.07) is 8.84. The summed E-state index contributed by atoms with van der Waals surface area (Å²) in [6.07, 6.45) is 1.44. The maximum Gasteiger partial charge on any atom is 0.261 e. The number of carbonyl (C=O) groups excluding carboxylic acids is 1. The second-order valence-electron chi connectivity index (χ2n) is 4.76. The first-order valence-corrected chi connectivity index (χ1v) is 6.26. The zero-order valence-corrected chi connectivity index (χ0v) is 11.7. The van der Waals surface area contributed by atoms with Crippen LogP contribution < -0.4 is 15.6 Å². The molecule has 0 radical (unpaired) electrons. The number of benzene rings is 1. The fourth-order valence-electron chi connectivity index (χ4n) is 1.91. The van der Waals surface area contributed by atoms with Gasteiger partial charge in [0.2, 0.25) is 0 Å². The standard InChI is InChI=1S/C15H17N3O2/c1-10-8-14(19)11(9-16-10)15(20)17-12-6-4-5-7-13(12)18(2)3/h4-9H,1-3H3,(H,16,19)(H,17,20). The Balaban J connectivity index is 2.31. The molecule has 20 heavy (non-hydrogen) atoms. The smallest absolute Gasteiger partial charge is 0.261 e. The van der Waals surface area contributed by atoms with E-state index in [9.17, 15) is 9.59 Å². The van der Waals surface area contributed by atoms with Gasteiger partial charge < -0.3 is 15.2 Å². The summed E-state index contributed by atoms with van der Waals surface area (Å²) in [5, 5.41) is 2.77. The van der Waals surface area contributed by atoms with E-state index in [4.69, 9.17) is 0 Å². The number of nitrogens with one attached hydrogen (secondary N) is 2. The van der Waals surface area contributed by atoms with Gasteiger partial charge in [-0.2, -0.15) is 0 Å². The number of hydrogen-bond acceptors (Lipinski definition) is 3. The number of hydrogen-bond donors (Lipinski definition) is 2. The van der Waals surface area contributed by atoms with E-state index in [1.807, 2.05) is 37.2 Å². The Morgan fingerprint density at radius 1 is 1.25 bits per heavy atom. The monoisotopic (exact) mass is 271 g/mol. The normalized spacial score (nSPS) is 10.2. The second kappa shape index (κ2) is 5.61. The Morgan fingerprint density at radius 2 is 1.95 bits per heavy atom. The first-order valence-electron chi connectivity index (χ1n) is 6.26. The van der Waals surface area contributed by atoms with E-state index in [0.717, 1.165) is 11.4 Å². The summed E-state index contributed by atoms with van der Waals surface area (Å²) in [4.78, 5) is 28.7. The van der Waals surface area contributed by atoms with Crippen molar-refractivity contribution in [2.24, 2.45) is 0 Å². The number of H-pyrrole nitrogens is 1. The first kappa shape index (κ1) is 13.9. The number of aromatic amines is 1. The summed E-state index contributed by atoms with van der Waals surface area (Å²) in [5.74, 6) is -0.416. The van der Waals surface area contributed by atoms with E-state index in [0.29, 0.717) is 5.69 Å². The van der Waals surface area contributed by atoms with Crippen LogP contribution in [0.5, 0.6) is 0 Å². The van der Waals surface area contributed by atoms with Crippen molar-refractivity contribution in [3.05, 3.63) is 58.0 Å². The lowest BCUT2D eigenvalue weighted by Crippen LogP contribution is -2.22. The molecule has 0 aliphatic heterocycles. The molecule has 0 atom stereocenters. The van der Waals surface area contributed by atoms with Crippen molar-refractivity contribution in [3.63, 3.8) is 0 Å². The van der Waals surface area contributed by atoms with E-state index in [1.165, 1.54) is 12.3 Å². The van der Waals surface area contributed by atoms with Crippen molar-refractivity contribution in [3.8, 4) is 0 Å². The van der Waals surface area contributed by atoms with Crippen LogP contribution in [0.4, 0.5) is 11.4 Å². The van der Waals surface area contributed by atoms with E-state index in [2.05, 4.69) is 10.3 Å². The number of pyridine rings is 1. The molecule has 2 rings (SSSR count). The molecule has 0 fully saturated rings. The molecule has 5 heteroatoms. The molecule has 2 N–H and O–H groups in total. The van der Waals surface area contributed by atoms with E-state index in [1.54, 1.807) is 13.0 Å². The van der Waals surface area contributed by atoms with Gasteiger partial charge in [-0.1, -0.05) is 12.1 Å². The maximum absolute atomic E-state index is 12.2. The van der Waals surface area contributed by atoms with Crippen LogP contribution in [0.25, 0.3) is 0 Å². The minimum atomic E-state index is -0.416. The van der Waals surface area contributed by atoms with Crippen molar-refractivity contribution < 1.29 is 4.79 Å². The highest BCUT2D eigenvalue weighted by atomic mass is 16.2. The Hall–Kier alpha value is -2.56. The van der Waals surface area contributed by atoms with Crippen LogP contribution in [-0.2, 0) is 0 Å². The van der Waals surface area contributed by atoms with Crippen molar-refractivity contribution in [2.45, 2.75) is 6.92 Å². The summed E-state index contributed by atoms with van der Waals surface area (Å²) in [6.45, 7) is 1.77. The topological polar surface area (TPSA) is 65.2 Å². The minimum Gasteiger partial charge on any atom is -0.376 e. The number of anilines is 2. The summed E-state index contributed by atoms with van der Waals surface area (Å²) in [7, 11) is 3.79. The van der Waals surface area contributed by atoms with Crippen LogP contribution in [-0.4, -0.2) is 25.0 Å². The predicted octanol–water partition coefficient (Wildman–Crippen LogP) is 2.00. The third-order valence-corrected chi connectivity index (χ3v) is 2.94.